The van der Waals surface area contributed by atoms with Gasteiger partial charge in [-0.15, -0.1) is 0 Å². The molecule has 0 spiro atoms. The second kappa shape index (κ2) is 4.29. The van der Waals surface area contributed by atoms with Crippen molar-refractivity contribution in [2.24, 2.45) is 0 Å². The number of nitrogens with two attached hydrogens (primary N) is 1. The third-order valence-electron chi connectivity index (χ3n) is 2.54. The van der Waals surface area contributed by atoms with Gasteiger partial charge in [-0.1, -0.05) is 12.1 Å². The minimum atomic E-state index is -0.902. The van der Waals surface area contributed by atoms with Gasteiger partial charge in [-0.25, -0.2) is 4.98 Å². The SMILES string of the molecule is CN(CC(=O)O)c1nccc2cccc(N)c12. The van der Waals surface area contributed by atoms with Crippen molar-refractivity contribution in [2.45, 2.75) is 0 Å². The zero-order chi connectivity index (χ0) is 12.4. The van der Waals surface area contributed by atoms with Gasteiger partial charge in [-0.3, -0.25) is 4.79 Å². The molecule has 0 aliphatic carbocycles. The van der Waals surface area contributed by atoms with Crippen molar-refractivity contribution in [3.05, 3.63) is 30.5 Å². The molecule has 17 heavy (non-hydrogen) atoms. The first-order valence-corrected chi connectivity index (χ1v) is 5.15. The van der Waals surface area contributed by atoms with Crippen LogP contribution in [0, 0.1) is 0 Å². The van der Waals surface area contributed by atoms with Crippen LogP contribution >= 0.6 is 0 Å². The van der Waals surface area contributed by atoms with Crippen molar-refractivity contribution in [3.63, 3.8) is 0 Å². The molecule has 0 amide bonds. The summed E-state index contributed by atoms with van der Waals surface area (Å²) in [6.45, 7) is -0.111. The van der Waals surface area contributed by atoms with E-state index >= 15 is 0 Å². The number of nitrogens with zero attached hydrogens (tertiary/aromatic N) is 2. The molecular formula is C12H13N3O2. The molecular weight excluding hydrogens is 218 g/mol. The Balaban J connectivity index is 2.57. The predicted octanol–water partition coefficient (Wildman–Crippen LogP) is 1.34. The molecule has 1 aromatic carbocycles. The number of aromatic nitrogens is 1. The van der Waals surface area contributed by atoms with E-state index in [2.05, 4.69) is 4.98 Å². The monoisotopic (exact) mass is 231 g/mol. The number of pyridine rings is 1. The van der Waals surface area contributed by atoms with Gasteiger partial charge in [0.25, 0.3) is 0 Å². The maximum atomic E-state index is 10.7. The molecule has 0 radical (unpaired) electrons. The Bertz CT molecular complexity index is 563. The van der Waals surface area contributed by atoms with Crippen molar-refractivity contribution in [1.82, 2.24) is 4.98 Å². The first kappa shape index (κ1) is 11.2. The number of carbonyl (C=O) groups is 1. The van der Waals surface area contributed by atoms with Crippen molar-refractivity contribution >= 4 is 28.2 Å². The van der Waals surface area contributed by atoms with E-state index in [4.69, 9.17) is 10.8 Å². The molecule has 3 N–H and O–H groups in total. The van der Waals surface area contributed by atoms with Crippen LogP contribution in [0.25, 0.3) is 10.8 Å². The molecule has 0 unspecified atom stereocenters. The third-order valence-corrected chi connectivity index (χ3v) is 2.54. The highest BCUT2D eigenvalue weighted by molar-refractivity contribution is 6.01. The molecule has 1 aromatic heterocycles. The molecule has 0 aliphatic rings. The topological polar surface area (TPSA) is 79.5 Å². The van der Waals surface area contributed by atoms with E-state index in [0.29, 0.717) is 11.5 Å². The highest BCUT2D eigenvalue weighted by Gasteiger charge is 2.12. The molecule has 1 heterocycles. The van der Waals surface area contributed by atoms with E-state index in [9.17, 15) is 4.79 Å². The van der Waals surface area contributed by atoms with Gasteiger partial charge in [-0.05, 0) is 17.5 Å². The van der Waals surface area contributed by atoms with Crippen molar-refractivity contribution in [1.29, 1.82) is 0 Å². The van der Waals surface area contributed by atoms with E-state index in [1.165, 1.54) is 0 Å². The number of fused-ring (bicyclic) bond motifs is 1. The number of rotatable bonds is 3. The average Bonchev–Trinajstić information content (AvgIpc) is 2.28. The van der Waals surface area contributed by atoms with Gasteiger partial charge in [0.15, 0.2) is 0 Å². The van der Waals surface area contributed by atoms with Crippen molar-refractivity contribution in [2.75, 3.05) is 24.2 Å². The molecule has 2 aromatic rings. The lowest BCUT2D eigenvalue weighted by Crippen LogP contribution is -2.26. The first-order valence-electron chi connectivity index (χ1n) is 5.15. The maximum Gasteiger partial charge on any atom is 0.323 e. The van der Waals surface area contributed by atoms with E-state index < -0.39 is 5.97 Å². The van der Waals surface area contributed by atoms with Crippen LogP contribution in [-0.2, 0) is 4.79 Å². The Morgan fingerprint density at radius 3 is 2.94 bits per heavy atom. The molecule has 0 fully saturated rings. The summed E-state index contributed by atoms with van der Waals surface area (Å²) in [4.78, 5) is 16.5. The van der Waals surface area contributed by atoms with E-state index in [0.717, 1.165) is 10.8 Å². The molecule has 0 saturated heterocycles. The normalized spacial score (nSPS) is 10.4. The fraction of sp³-hybridized carbons (Fsp3) is 0.167. The highest BCUT2D eigenvalue weighted by Crippen LogP contribution is 2.28. The van der Waals surface area contributed by atoms with E-state index in [1.54, 1.807) is 24.2 Å². The number of anilines is 2. The minimum Gasteiger partial charge on any atom is -0.480 e. The van der Waals surface area contributed by atoms with Crippen LogP contribution < -0.4 is 10.6 Å². The van der Waals surface area contributed by atoms with Gasteiger partial charge < -0.3 is 15.7 Å². The fourth-order valence-corrected chi connectivity index (χ4v) is 1.81. The van der Waals surface area contributed by atoms with E-state index in [1.807, 2.05) is 18.2 Å². The van der Waals surface area contributed by atoms with Crippen molar-refractivity contribution in [3.8, 4) is 0 Å². The predicted molar refractivity (Wildman–Crippen MR) is 67.1 cm³/mol. The lowest BCUT2D eigenvalue weighted by Gasteiger charge is -2.18. The fourth-order valence-electron chi connectivity index (χ4n) is 1.81. The average molecular weight is 231 g/mol. The Morgan fingerprint density at radius 1 is 1.47 bits per heavy atom. The van der Waals surface area contributed by atoms with Crippen molar-refractivity contribution < 1.29 is 9.90 Å². The van der Waals surface area contributed by atoms with Crippen LogP contribution in [-0.4, -0.2) is 29.7 Å². The summed E-state index contributed by atoms with van der Waals surface area (Å²) in [5.41, 5.74) is 6.51. The van der Waals surface area contributed by atoms with Crippen LogP contribution in [0.4, 0.5) is 11.5 Å². The molecule has 0 aliphatic heterocycles. The molecule has 0 bridgehead atoms. The Morgan fingerprint density at radius 2 is 2.24 bits per heavy atom. The van der Waals surface area contributed by atoms with Crippen LogP contribution in [0.15, 0.2) is 30.5 Å². The summed E-state index contributed by atoms with van der Waals surface area (Å²) in [5, 5.41) is 10.5. The summed E-state index contributed by atoms with van der Waals surface area (Å²) in [6.07, 6.45) is 1.65. The van der Waals surface area contributed by atoms with Crippen LogP contribution in [0.1, 0.15) is 0 Å². The number of likely N-dealkylation sites (N-methyl/N-ethyl adjacent to an activating group) is 1. The summed E-state index contributed by atoms with van der Waals surface area (Å²) in [6, 6.07) is 7.41. The highest BCUT2D eigenvalue weighted by atomic mass is 16.4. The largest absolute Gasteiger partial charge is 0.480 e. The van der Waals surface area contributed by atoms with E-state index in [-0.39, 0.29) is 6.54 Å². The quantitative estimate of drug-likeness (QED) is 0.779. The second-order valence-corrected chi connectivity index (χ2v) is 3.83. The first-order chi connectivity index (χ1) is 8.09. The standard InChI is InChI=1S/C12H13N3O2/c1-15(7-10(16)17)12-11-8(5-6-14-12)3-2-4-9(11)13/h2-6H,7,13H2,1H3,(H,16,17). The second-order valence-electron chi connectivity index (χ2n) is 3.83. The minimum absolute atomic E-state index is 0.111. The lowest BCUT2D eigenvalue weighted by atomic mass is 10.1. The molecule has 5 nitrogen and oxygen atoms in total. The number of nitrogen functional groups attached to an aromatic ring is 1. The van der Waals surface area contributed by atoms with Gasteiger partial charge in [0.1, 0.15) is 12.4 Å². The van der Waals surface area contributed by atoms with Crippen LogP contribution in [0.5, 0.6) is 0 Å². The lowest BCUT2D eigenvalue weighted by molar-refractivity contribution is -0.135. The summed E-state index contributed by atoms with van der Waals surface area (Å²) in [5.74, 6) is -0.316. The molecule has 5 heteroatoms. The Kier molecular flexibility index (Phi) is 2.82. The number of aliphatic carboxylic acids is 1. The number of hydrogen-bond acceptors (Lipinski definition) is 4. The van der Waals surface area contributed by atoms with Gasteiger partial charge >= 0.3 is 5.97 Å². The van der Waals surface area contributed by atoms with Gasteiger partial charge in [0.05, 0.1) is 0 Å². The van der Waals surface area contributed by atoms with Crippen LogP contribution in [0.3, 0.4) is 0 Å². The smallest absolute Gasteiger partial charge is 0.323 e. The zero-order valence-corrected chi connectivity index (χ0v) is 9.42. The number of benzene rings is 1. The number of carboxylic acids is 1. The zero-order valence-electron chi connectivity index (χ0n) is 9.42. The third kappa shape index (κ3) is 2.13. The maximum absolute atomic E-state index is 10.7. The van der Waals surface area contributed by atoms with Gasteiger partial charge in [-0.2, -0.15) is 0 Å². The molecule has 0 atom stereocenters. The Hall–Kier alpha value is -2.30. The van der Waals surface area contributed by atoms with Gasteiger partial charge in [0.2, 0.25) is 0 Å². The summed E-state index contributed by atoms with van der Waals surface area (Å²) >= 11 is 0. The number of carboxylic acid groups (broad SMARTS) is 1. The molecule has 88 valence electrons. The number of hydrogen-bond donors (Lipinski definition) is 2. The van der Waals surface area contributed by atoms with Gasteiger partial charge in [0, 0.05) is 24.3 Å². The summed E-state index contributed by atoms with van der Waals surface area (Å²) < 4.78 is 0. The summed E-state index contributed by atoms with van der Waals surface area (Å²) in [7, 11) is 1.68. The molecule has 0 saturated carbocycles. The van der Waals surface area contributed by atoms with Crippen LogP contribution in [0.2, 0.25) is 0 Å². The molecule has 2 rings (SSSR count). The Labute approximate surface area is 98.5 Å².